The van der Waals surface area contributed by atoms with E-state index in [-0.39, 0.29) is 87.8 Å². The first-order chi connectivity index (χ1) is 36.6. The molecule has 4 amide bonds. The van der Waals surface area contributed by atoms with E-state index in [1.54, 1.807) is 35.2 Å². The molecule has 0 spiro atoms. The van der Waals surface area contributed by atoms with Crippen LogP contribution in [0.5, 0.6) is 5.75 Å². The highest BCUT2D eigenvalue weighted by Crippen LogP contribution is 2.41. The summed E-state index contributed by atoms with van der Waals surface area (Å²) in [5.74, 6) is -1.34. The van der Waals surface area contributed by atoms with Crippen molar-refractivity contribution in [2.45, 2.75) is 97.1 Å². The Kier molecular flexibility index (Phi) is 21.5. The van der Waals surface area contributed by atoms with Crippen LogP contribution in [0.3, 0.4) is 0 Å². The lowest BCUT2D eigenvalue weighted by molar-refractivity contribution is -0.144. The number of nitrogens with zero attached hydrogens (tertiary/aromatic N) is 4. The molecular formula is C54H68ClFN8O10S2. The molecule has 2 fully saturated rings. The van der Waals surface area contributed by atoms with Gasteiger partial charge in [0.05, 0.1) is 85.0 Å². The fourth-order valence-electron chi connectivity index (χ4n) is 9.12. The van der Waals surface area contributed by atoms with Crippen molar-refractivity contribution in [3.63, 3.8) is 0 Å². The van der Waals surface area contributed by atoms with E-state index in [0.29, 0.717) is 62.9 Å². The number of pyridine rings is 1. The number of β-amino-alcohol motifs (C(OH)–C–C–N with tert-alkyl or cyclic N) is 1. The van der Waals surface area contributed by atoms with E-state index in [4.69, 9.17) is 40.3 Å². The molecule has 7 rings (SSSR count). The highest BCUT2D eigenvalue weighted by Gasteiger charge is 2.45. The maximum atomic E-state index is 14.7. The maximum Gasteiger partial charge on any atom is 0.246 e. The average molecular weight is 1110 g/mol. The minimum atomic E-state index is -0.988. The number of carbonyl (C=O) groups excluding carboxylic acids is 4. The van der Waals surface area contributed by atoms with Gasteiger partial charge in [-0.1, -0.05) is 68.8 Å². The van der Waals surface area contributed by atoms with Gasteiger partial charge in [-0.25, -0.2) is 19.3 Å². The van der Waals surface area contributed by atoms with Crippen molar-refractivity contribution in [3.05, 3.63) is 106 Å². The summed E-state index contributed by atoms with van der Waals surface area (Å²) in [5, 5.41) is 25.1. The number of anilines is 2. The zero-order valence-corrected chi connectivity index (χ0v) is 45.7. The summed E-state index contributed by atoms with van der Waals surface area (Å²) in [6.45, 7) is 9.38. The Morgan fingerprint density at radius 2 is 1.59 bits per heavy atom. The molecule has 3 aromatic heterocycles. The zero-order valence-electron chi connectivity index (χ0n) is 43.3. The van der Waals surface area contributed by atoms with Crippen LogP contribution in [0.4, 0.5) is 15.3 Å². The number of thiazole rings is 2. The summed E-state index contributed by atoms with van der Waals surface area (Å²) in [5.41, 5.74) is 3.94. The van der Waals surface area contributed by atoms with Crippen LogP contribution in [0.15, 0.2) is 77.8 Å². The van der Waals surface area contributed by atoms with Gasteiger partial charge in [0, 0.05) is 49.7 Å². The smallest absolute Gasteiger partial charge is 0.246 e. The number of likely N-dealkylation sites (tertiary alicyclic amines) is 1. The Balaban J connectivity index is 0.759. The molecule has 5 aromatic rings. The van der Waals surface area contributed by atoms with E-state index in [1.807, 2.05) is 75.5 Å². The summed E-state index contributed by atoms with van der Waals surface area (Å²) < 4.78 is 43.2. The summed E-state index contributed by atoms with van der Waals surface area (Å²) in [6.07, 6.45) is 3.08. The molecule has 5 N–H and O–H groups in total. The lowest BCUT2D eigenvalue weighted by atomic mass is 9.69. The van der Waals surface area contributed by atoms with Crippen molar-refractivity contribution in [3.8, 4) is 16.2 Å². The fourth-order valence-corrected chi connectivity index (χ4v) is 10.6. The number of aryl methyl sites for hydroxylation is 1. The van der Waals surface area contributed by atoms with E-state index >= 15 is 0 Å². The van der Waals surface area contributed by atoms with Crippen LogP contribution < -0.4 is 26.0 Å². The van der Waals surface area contributed by atoms with E-state index in [9.17, 15) is 28.7 Å². The van der Waals surface area contributed by atoms with E-state index in [1.165, 1.54) is 22.3 Å². The standard InChI is InChI=1S/C54H68ClFN8O10S2/c1-35-47(76-34-60-35)37-13-11-36(12-14-37)31-59-49(67)42-29-39(65)32-64(42)50(68)48(53(2,3)4)63-45(66)33-73-27-26-72-25-24-71-23-22-70-21-19-57-51(69)54(30-38-7-5-10-44(61-38)62-52-58-20-28-75-52)17-15-40(16-18-54)74-43-9-6-8-41(55)46(43)56/h5-14,20,28,34,39-40,42,48,65H,15-19,21-27,29-33H2,1-4H3,(H,57,69)(H,59,67)(H,63,66)(H,58,61,62)/t39-,40?,42+,48-,54?/m1/s1. The molecule has 18 nitrogen and oxygen atoms in total. The molecule has 1 saturated carbocycles. The molecule has 410 valence electrons. The van der Waals surface area contributed by atoms with Gasteiger partial charge in [0.25, 0.3) is 0 Å². The molecule has 0 bridgehead atoms. The number of carbonyl (C=O) groups is 4. The number of aromatic nitrogens is 3. The number of hydrogen-bond donors (Lipinski definition) is 5. The number of halogens is 2. The first kappa shape index (κ1) is 58.0. The van der Waals surface area contributed by atoms with Crippen LogP contribution in [-0.2, 0) is 51.1 Å². The molecule has 76 heavy (non-hydrogen) atoms. The van der Waals surface area contributed by atoms with Crippen LogP contribution in [0, 0.1) is 23.6 Å². The Morgan fingerprint density at radius 1 is 0.895 bits per heavy atom. The van der Waals surface area contributed by atoms with Gasteiger partial charge in [0.15, 0.2) is 16.7 Å². The Morgan fingerprint density at radius 3 is 2.26 bits per heavy atom. The average Bonchev–Trinajstić information content (AvgIpc) is 4.18. The van der Waals surface area contributed by atoms with Crippen LogP contribution in [0.1, 0.15) is 69.8 Å². The fraction of sp³-hybridized carbons (Fsp3) is 0.500. The third kappa shape index (κ3) is 16.7. The zero-order chi connectivity index (χ0) is 54.1. The summed E-state index contributed by atoms with van der Waals surface area (Å²) >= 11 is 9.02. The first-order valence-electron chi connectivity index (χ1n) is 25.5. The van der Waals surface area contributed by atoms with E-state index < -0.39 is 46.6 Å². The molecule has 4 heterocycles. The summed E-state index contributed by atoms with van der Waals surface area (Å²) in [4.78, 5) is 70.3. The van der Waals surface area contributed by atoms with E-state index in [2.05, 4.69) is 31.2 Å². The minimum Gasteiger partial charge on any atom is -0.487 e. The van der Waals surface area contributed by atoms with Crippen molar-refractivity contribution in [2.75, 3.05) is 71.3 Å². The normalized spacial score (nSPS) is 19.0. The number of aliphatic hydroxyl groups is 1. The maximum absolute atomic E-state index is 14.7. The molecule has 3 atom stereocenters. The molecule has 1 aliphatic heterocycles. The third-order valence-electron chi connectivity index (χ3n) is 13.2. The second-order valence-corrected chi connectivity index (χ2v) is 22.0. The minimum absolute atomic E-state index is 0.00992. The number of benzene rings is 2. The molecule has 1 aliphatic carbocycles. The second kappa shape index (κ2) is 28.1. The van der Waals surface area contributed by atoms with Gasteiger partial charge in [-0.3, -0.25) is 19.2 Å². The topological polar surface area (TPSA) is 225 Å². The Bertz CT molecular complexity index is 2670. The number of amides is 4. The molecule has 22 heteroatoms. The highest BCUT2D eigenvalue weighted by molar-refractivity contribution is 7.13. The van der Waals surface area contributed by atoms with Gasteiger partial charge in [-0.15, -0.1) is 22.7 Å². The van der Waals surface area contributed by atoms with Gasteiger partial charge in [0.2, 0.25) is 23.6 Å². The quantitative estimate of drug-likeness (QED) is 0.0333. The number of ether oxygens (including phenoxy) is 5. The number of nitrogens with one attached hydrogen (secondary N) is 4. The summed E-state index contributed by atoms with van der Waals surface area (Å²) in [7, 11) is 0. The van der Waals surface area contributed by atoms with E-state index in [0.717, 1.165) is 27.4 Å². The van der Waals surface area contributed by atoms with Crippen molar-refractivity contribution >= 4 is 68.9 Å². The molecule has 2 aliphatic rings. The lowest BCUT2D eigenvalue weighted by Gasteiger charge is -2.39. The van der Waals surface area contributed by atoms with Gasteiger partial charge >= 0.3 is 0 Å². The van der Waals surface area contributed by atoms with Gasteiger partial charge in [0.1, 0.15) is 24.5 Å². The second-order valence-electron chi connectivity index (χ2n) is 19.9. The molecular weight excluding hydrogens is 1040 g/mol. The molecule has 1 saturated heterocycles. The highest BCUT2D eigenvalue weighted by atomic mass is 35.5. The van der Waals surface area contributed by atoms with Crippen LogP contribution in [-0.4, -0.2) is 139 Å². The van der Waals surface area contributed by atoms with Crippen molar-refractivity contribution in [1.29, 1.82) is 0 Å². The van der Waals surface area contributed by atoms with Crippen molar-refractivity contribution < 1.29 is 52.4 Å². The third-order valence-corrected chi connectivity index (χ3v) is 15.1. The van der Waals surface area contributed by atoms with Crippen LogP contribution >= 0.6 is 34.3 Å². The SMILES string of the molecule is Cc1ncsc1-c1ccc(CNC(=O)[C@@H]2C[C@@H](O)CN2C(=O)[C@@H](NC(=O)COCCOCCOCCOCCNC(=O)C2(Cc3cccc(Nc4nccs4)n3)CCC(Oc3cccc(Cl)c3F)CC2)C(C)(C)C)cc1. The summed E-state index contributed by atoms with van der Waals surface area (Å²) in [6, 6.07) is 16.3. The van der Waals surface area contributed by atoms with Crippen LogP contribution in [0.25, 0.3) is 10.4 Å². The van der Waals surface area contributed by atoms with Gasteiger partial charge < -0.3 is 55.0 Å². The number of rotatable bonds is 27. The largest absolute Gasteiger partial charge is 0.487 e. The number of hydrogen-bond acceptors (Lipinski definition) is 16. The van der Waals surface area contributed by atoms with Crippen molar-refractivity contribution in [2.24, 2.45) is 10.8 Å². The predicted octanol–water partition coefficient (Wildman–Crippen LogP) is 7.05. The predicted molar refractivity (Wildman–Crippen MR) is 288 cm³/mol. The molecule has 0 radical (unpaired) electrons. The molecule has 0 unspecified atom stereocenters. The van der Waals surface area contributed by atoms with Crippen LogP contribution in [0.2, 0.25) is 5.02 Å². The lowest BCUT2D eigenvalue weighted by Crippen LogP contribution is -2.58. The Hall–Kier alpha value is -5.65. The molecule has 2 aromatic carbocycles. The number of aliphatic hydroxyl groups excluding tert-OH is 1. The van der Waals surface area contributed by atoms with Crippen molar-refractivity contribution in [1.82, 2.24) is 35.8 Å². The Labute approximate surface area is 455 Å². The van der Waals surface area contributed by atoms with Gasteiger partial charge in [-0.05, 0) is 73.4 Å². The van der Waals surface area contributed by atoms with Gasteiger partial charge in [-0.2, -0.15) is 0 Å². The first-order valence-corrected chi connectivity index (χ1v) is 27.6. The monoisotopic (exact) mass is 1110 g/mol.